The van der Waals surface area contributed by atoms with Crippen LogP contribution in [0.2, 0.25) is 0 Å². The summed E-state index contributed by atoms with van der Waals surface area (Å²) < 4.78 is 52.1. The highest BCUT2D eigenvalue weighted by molar-refractivity contribution is 7.89. The van der Waals surface area contributed by atoms with Crippen LogP contribution in [0.15, 0.2) is 47.4 Å². The molecule has 0 aliphatic carbocycles. The predicted octanol–water partition coefficient (Wildman–Crippen LogP) is 2.25. The van der Waals surface area contributed by atoms with Crippen LogP contribution in [0.3, 0.4) is 0 Å². The van der Waals surface area contributed by atoms with Gasteiger partial charge in [-0.25, -0.2) is 12.8 Å². The van der Waals surface area contributed by atoms with Gasteiger partial charge in [0.2, 0.25) is 15.9 Å². The minimum atomic E-state index is -3.89. The van der Waals surface area contributed by atoms with Gasteiger partial charge in [0.15, 0.2) is 0 Å². The van der Waals surface area contributed by atoms with Crippen molar-refractivity contribution in [2.75, 3.05) is 38.7 Å². The van der Waals surface area contributed by atoms with E-state index >= 15 is 0 Å². The number of methoxy groups -OCH3 is 1. The van der Waals surface area contributed by atoms with Gasteiger partial charge in [-0.2, -0.15) is 4.31 Å². The minimum Gasteiger partial charge on any atom is -0.495 e. The molecule has 11 heteroatoms. The van der Waals surface area contributed by atoms with Crippen LogP contribution in [0.25, 0.3) is 0 Å². The van der Waals surface area contributed by atoms with E-state index in [1.54, 1.807) is 13.8 Å². The molecule has 1 atom stereocenters. The molecule has 34 heavy (non-hydrogen) atoms. The normalized spacial score (nSPS) is 15.6. The van der Waals surface area contributed by atoms with Crippen molar-refractivity contribution in [2.45, 2.75) is 24.8 Å². The first-order valence-electron chi connectivity index (χ1n) is 10.8. The largest absolute Gasteiger partial charge is 0.495 e. The average Bonchev–Trinajstić information content (AvgIpc) is 2.82. The Labute approximate surface area is 198 Å². The molecule has 1 saturated heterocycles. The Morgan fingerprint density at radius 2 is 1.79 bits per heavy atom. The van der Waals surface area contributed by atoms with Crippen molar-refractivity contribution in [3.8, 4) is 5.75 Å². The summed E-state index contributed by atoms with van der Waals surface area (Å²) in [6, 6.07) is 8.75. The van der Waals surface area contributed by atoms with Gasteiger partial charge < -0.3 is 20.1 Å². The maximum atomic E-state index is 14.0. The molecular formula is C23H28FN3O6S. The summed E-state index contributed by atoms with van der Waals surface area (Å²) >= 11 is 0. The summed E-state index contributed by atoms with van der Waals surface area (Å²) in [5, 5.41) is 5.21. The second kappa shape index (κ2) is 10.9. The number of nitrogens with zero attached hydrogens (tertiary/aromatic N) is 1. The first-order chi connectivity index (χ1) is 16.1. The number of carbonyl (C=O) groups excluding carboxylic acids is 2. The zero-order valence-electron chi connectivity index (χ0n) is 19.2. The van der Waals surface area contributed by atoms with E-state index in [2.05, 4.69) is 10.6 Å². The SMILES string of the molecule is COc1ccc(NC(=O)[C@H](NC(=O)c2ccccc2F)C(C)C)cc1S(=O)(=O)N1CCOCC1. The summed E-state index contributed by atoms with van der Waals surface area (Å²) in [4.78, 5) is 25.4. The number of carbonyl (C=O) groups is 2. The molecule has 2 N–H and O–H groups in total. The molecule has 2 aromatic rings. The maximum absolute atomic E-state index is 14.0. The Bertz CT molecular complexity index is 1150. The molecule has 2 aromatic carbocycles. The Kier molecular flexibility index (Phi) is 8.24. The second-order valence-corrected chi connectivity index (χ2v) is 9.95. The van der Waals surface area contributed by atoms with Crippen LogP contribution in [-0.4, -0.2) is 64.0 Å². The number of halogens is 1. The van der Waals surface area contributed by atoms with Crippen LogP contribution in [0.1, 0.15) is 24.2 Å². The molecule has 0 radical (unpaired) electrons. The molecule has 0 aromatic heterocycles. The summed E-state index contributed by atoms with van der Waals surface area (Å²) in [5.41, 5.74) is 0.0349. The molecule has 1 aliphatic heterocycles. The van der Waals surface area contributed by atoms with Crippen molar-refractivity contribution in [1.29, 1.82) is 0 Å². The van der Waals surface area contributed by atoms with Crippen LogP contribution in [0.5, 0.6) is 5.75 Å². The highest BCUT2D eigenvalue weighted by atomic mass is 32.2. The molecule has 0 unspecified atom stereocenters. The zero-order valence-corrected chi connectivity index (χ0v) is 20.0. The quantitative estimate of drug-likeness (QED) is 0.583. The van der Waals surface area contributed by atoms with Crippen molar-refractivity contribution < 1.29 is 31.9 Å². The number of ether oxygens (including phenoxy) is 2. The van der Waals surface area contributed by atoms with Gasteiger partial charge in [-0.15, -0.1) is 0 Å². The van der Waals surface area contributed by atoms with Gasteiger partial charge in [0.25, 0.3) is 5.91 Å². The number of benzene rings is 2. The van der Waals surface area contributed by atoms with Gasteiger partial charge in [0, 0.05) is 18.8 Å². The van der Waals surface area contributed by atoms with E-state index in [-0.39, 0.29) is 54.1 Å². The standard InChI is InChI=1S/C23H28FN3O6S/c1-15(2)21(26-22(28)17-6-4-5-7-18(17)24)23(29)25-16-8-9-19(32-3)20(14-16)34(30,31)27-10-12-33-13-11-27/h4-9,14-15,21H,10-13H2,1-3H3,(H,25,29)(H,26,28)/t21-/m1/s1. The molecule has 1 fully saturated rings. The fraction of sp³-hybridized carbons (Fsp3) is 0.391. The van der Waals surface area contributed by atoms with E-state index in [4.69, 9.17) is 9.47 Å². The van der Waals surface area contributed by atoms with Crippen molar-refractivity contribution in [2.24, 2.45) is 5.92 Å². The molecule has 2 amide bonds. The molecule has 0 bridgehead atoms. The number of rotatable bonds is 8. The van der Waals surface area contributed by atoms with E-state index in [0.717, 1.165) is 6.07 Å². The lowest BCUT2D eigenvalue weighted by Gasteiger charge is -2.27. The smallest absolute Gasteiger partial charge is 0.254 e. The highest BCUT2D eigenvalue weighted by Gasteiger charge is 2.31. The third-order valence-electron chi connectivity index (χ3n) is 5.37. The molecule has 1 heterocycles. The Morgan fingerprint density at radius 1 is 1.12 bits per heavy atom. The summed E-state index contributed by atoms with van der Waals surface area (Å²) in [5.74, 6) is -2.18. The van der Waals surface area contributed by atoms with Crippen molar-refractivity contribution in [3.63, 3.8) is 0 Å². The number of nitrogens with one attached hydrogen (secondary N) is 2. The van der Waals surface area contributed by atoms with E-state index < -0.39 is 33.7 Å². The molecule has 0 spiro atoms. The number of amides is 2. The first-order valence-corrected chi connectivity index (χ1v) is 12.2. The van der Waals surface area contributed by atoms with Gasteiger partial charge >= 0.3 is 0 Å². The first kappa shape index (κ1) is 25.6. The van der Waals surface area contributed by atoms with E-state index in [0.29, 0.717) is 0 Å². The lowest BCUT2D eigenvalue weighted by Crippen LogP contribution is -2.47. The molecule has 0 saturated carbocycles. The van der Waals surface area contributed by atoms with Gasteiger partial charge in [-0.3, -0.25) is 9.59 Å². The molecule has 3 rings (SSSR count). The predicted molar refractivity (Wildman–Crippen MR) is 124 cm³/mol. The topological polar surface area (TPSA) is 114 Å². The van der Waals surface area contributed by atoms with E-state index in [1.165, 1.54) is 47.8 Å². The fourth-order valence-corrected chi connectivity index (χ4v) is 5.09. The number of hydrogen-bond acceptors (Lipinski definition) is 6. The maximum Gasteiger partial charge on any atom is 0.254 e. The average molecular weight is 494 g/mol. The zero-order chi connectivity index (χ0) is 24.9. The number of anilines is 1. The second-order valence-electron chi connectivity index (χ2n) is 8.05. The third-order valence-corrected chi connectivity index (χ3v) is 7.29. The summed E-state index contributed by atoms with van der Waals surface area (Å²) in [6.45, 7) is 4.45. The molecule has 9 nitrogen and oxygen atoms in total. The molecule has 1 aliphatic rings. The Morgan fingerprint density at radius 3 is 2.41 bits per heavy atom. The Balaban J connectivity index is 1.83. The van der Waals surface area contributed by atoms with Crippen LogP contribution in [-0.2, 0) is 19.6 Å². The van der Waals surface area contributed by atoms with Crippen molar-refractivity contribution in [3.05, 3.63) is 53.8 Å². The monoisotopic (exact) mass is 493 g/mol. The number of hydrogen-bond donors (Lipinski definition) is 2. The Hall–Kier alpha value is -3.02. The van der Waals surface area contributed by atoms with Crippen molar-refractivity contribution >= 4 is 27.5 Å². The molecular weight excluding hydrogens is 465 g/mol. The van der Waals surface area contributed by atoms with Crippen LogP contribution < -0.4 is 15.4 Å². The van der Waals surface area contributed by atoms with Crippen LogP contribution in [0.4, 0.5) is 10.1 Å². The van der Waals surface area contributed by atoms with E-state index in [1.807, 2.05) is 0 Å². The van der Waals surface area contributed by atoms with Gasteiger partial charge in [-0.1, -0.05) is 26.0 Å². The number of sulfonamides is 1. The van der Waals surface area contributed by atoms with Crippen LogP contribution >= 0.6 is 0 Å². The van der Waals surface area contributed by atoms with Gasteiger partial charge in [0.1, 0.15) is 22.5 Å². The number of morpholine rings is 1. The van der Waals surface area contributed by atoms with Crippen molar-refractivity contribution in [1.82, 2.24) is 9.62 Å². The summed E-state index contributed by atoms with van der Waals surface area (Å²) in [6.07, 6.45) is 0. The highest BCUT2D eigenvalue weighted by Crippen LogP contribution is 2.30. The van der Waals surface area contributed by atoms with Gasteiger partial charge in [-0.05, 0) is 36.2 Å². The summed E-state index contributed by atoms with van der Waals surface area (Å²) in [7, 11) is -2.53. The fourth-order valence-electron chi connectivity index (χ4n) is 3.50. The lowest BCUT2D eigenvalue weighted by molar-refractivity contribution is -0.118. The van der Waals surface area contributed by atoms with Gasteiger partial charge in [0.05, 0.1) is 25.9 Å². The third kappa shape index (κ3) is 5.72. The van der Waals surface area contributed by atoms with E-state index in [9.17, 15) is 22.4 Å². The minimum absolute atomic E-state index is 0.0915. The molecule has 184 valence electrons. The van der Waals surface area contributed by atoms with Crippen LogP contribution in [0, 0.1) is 11.7 Å². The lowest BCUT2D eigenvalue weighted by atomic mass is 10.0.